The molecule has 1 amide bonds. The van der Waals surface area contributed by atoms with Crippen molar-refractivity contribution in [2.24, 2.45) is 0 Å². The molecule has 0 bridgehead atoms. The lowest BCUT2D eigenvalue weighted by atomic mass is 9.73. The molecule has 0 saturated heterocycles. The first-order valence-electron chi connectivity index (χ1n) is 9.64. The molecule has 2 aromatic rings. The summed E-state index contributed by atoms with van der Waals surface area (Å²) in [6, 6.07) is 9.79. The van der Waals surface area contributed by atoms with Crippen LogP contribution in [0.4, 0.5) is 4.39 Å². The van der Waals surface area contributed by atoms with Crippen molar-refractivity contribution >= 4 is 27.6 Å². The minimum atomic E-state index is -0.410. The van der Waals surface area contributed by atoms with Gasteiger partial charge in [0.25, 0.3) is 0 Å². The lowest BCUT2D eigenvalue weighted by molar-refractivity contribution is -0.122. The number of ether oxygens (including phenoxy) is 2. The van der Waals surface area contributed by atoms with Crippen molar-refractivity contribution < 1.29 is 23.5 Å². The number of methoxy groups -OCH3 is 2. The third-order valence-electron chi connectivity index (χ3n) is 5.76. The van der Waals surface area contributed by atoms with Gasteiger partial charge in [-0.1, -0.05) is 12.1 Å². The fourth-order valence-corrected chi connectivity index (χ4v) is 4.84. The third-order valence-corrected chi connectivity index (χ3v) is 6.38. The van der Waals surface area contributed by atoms with Crippen LogP contribution in [0.1, 0.15) is 42.2 Å². The minimum absolute atomic E-state index is 0.0143. The van der Waals surface area contributed by atoms with Crippen LogP contribution in [0, 0.1) is 5.82 Å². The molecule has 7 heteroatoms. The molecule has 2 unspecified atom stereocenters. The molecule has 2 aromatic carbocycles. The van der Waals surface area contributed by atoms with Gasteiger partial charge in [-0.05, 0) is 58.1 Å². The van der Waals surface area contributed by atoms with E-state index in [2.05, 4.69) is 21.2 Å². The zero-order chi connectivity index (χ0) is 21.4. The molecule has 0 saturated carbocycles. The van der Waals surface area contributed by atoms with Crippen LogP contribution >= 0.6 is 15.9 Å². The number of carbonyl (C=O) groups excluding carboxylic acids is 2. The van der Waals surface area contributed by atoms with Gasteiger partial charge in [-0.25, -0.2) is 4.39 Å². The topological polar surface area (TPSA) is 64.6 Å². The van der Waals surface area contributed by atoms with E-state index in [1.807, 2.05) is 6.07 Å². The summed E-state index contributed by atoms with van der Waals surface area (Å²) in [7, 11) is 3.12. The van der Waals surface area contributed by atoms with Gasteiger partial charge in [0.05, 0.1) is 18.7 Å². The summed E-state index contributed by atoms with van der Waals surface area (Å²) >= 11 is 3.45. The highest BCUT2D eigenvalue weighted by molar-refractivity contribution is 9.10. The second-order valence-corrected chi connectivity index (χ2v) is 8.36. The highest BCUT2D eigenvalue weighted by Crippen LogP contribution is 2.46. The third kappa shape index (κ3) is 3.74. The molecule has 2 aliphatic rings. The normalized spacial score (nSPS) is 21.2. The van der Waals surface area contributed by atoms with Crippen LogP contribution in [-0.2, 0) is 9.59 Å². The molecule has 1 aliphatic heterocycles. The number of rotatable bonds is 4. The number of hydrogen-bond acceptors (Lipinski definition) is 4. The lowest BCUT2D eigenvalue weighted by Gasteiger charge is -2.35. The Labute approximate surface area is 182 Å². The van der Waals surface area contributed by atoms with E-state index < -0.39 is 5.92 Å². The molecule has 30 heavy (non-hydrogen) atoms. The van der Waals surface area contributed by atoms with Crippen LogP contribution in [0.15, 0.2) is 52.1 Å². The highest BCUT2D eigenvalue weighted by atomic mass is 79.9. The SMILES string of the molecule is COc1cc(C2CC(=O)NC3=C2C(=O)CC(c2ccc(F)cc2)C3)c(OC)cc1Br. The summed E-state index contributed by atoms with van der Waals surface area (Å²) in [6.45, 7) is 0. The zero-order valence-electron chi connectivity index (χ0n) is 16.6. The molecule has 5 nitrogen and oxygen atoms in total. The van der Waals surface area contributed by atoms with E-state index in [9.17, 15) is 14.0 Å². The predicted molar refractivity (Wildman–Crippen MR) is 113 cm³/mol. The number of halogens is 2. The van der Waals surface area contributed by atoms with Crippen molar-refractivity contribution in [1.82, 2.24) is 5.32 Å². The quantitative estimate of drug-likeness (QED) is 0.703. The van der Waals surface area contributed by atoms with E-state index in [0.29, 0.717) is 35.6 Å². The Morgan fingerprint density at radius 2 is 1.70 bits per heavy atom. The lowest BCUT2D eigenvalue weighted by Crippen LogP contribution is -2.38. The van der Waals surface area contributed by atoms with Gasteiger partial charge < -0.3 is 14.8 Å². The first-order valence-corrected chi connectivity index (χ1v) is 10.4. The minimum Gasteiger partial charge on any atom is -0.496 e. The number of amides is 1. The Morgan fingerprint density at radius 3 is 2.37 bits per heavy atom. The van der Waals surface area contributed by atoms with Gasteiger partial charge >= 0.3 is 0 Å². The summed E-state index contributed by atoms with van der Waals surface area (Å²) in [5.41, 5.74) is 2.89. The van der Waals surface area contributed by atoms with Crippen molar-refractivity contribution in [2.75, 3.05) is 14.2 Å². The van der Waals surface area contributed by atoms with E-state index in [1.54, 1.807) is 32.4 Å². The Hall–Kier alpha value is -2.67. The maximum atomic E-state index is 13.3. The molecule has 0 fully saturated rings. The highest BCUT2D eigenvalue weighted by Gasteiger charge is 2.39. The van der Waals surface area contributed by atoms with E-state index in [0.717, 1.165) is 15.6 Å². The molecule has 0 radical (unpaired) electrons. The zero-order valence-corrected chi connectivity index (χ0v) is 18.2. The molecular formula is C23H21BrFNO4. The van der Waals surface area contributed by atoms with Crippen LogP contribution in [0.2, 0.25) is 0 Å². The van der Waals surface area contributed by atoms with Gasteiger partial charge in [0, 0.05) is 35.6 Å². The number of Topliss-reactive ketones (excluding diaryl/α,β-unsaturated/α-hetero) is 1. The monoisotopic (exact) mass is 473 g/mol. The summed E-state index contributed by atoms with van der Waals surface area (Å²) in [5.74, 6) is 0.205. The van der Waals surface area contributed by atoms with Crippen molar-refractivity contribution in [3.8, 4) is 11.5 Å². The number of benzene rings is 2. The van der Waals surface area contributed by atoms with Gasteiger partial charge in [0.15, 0.2) is 5.78 Å². The molecule has 2 atom stereocenters. The average molecular weight is 474 g/mol. The van der Waals surface area contributed by atoms with Gasteiger partial charge in [-0.3, -0.25) is 9.59 Å². The first-order chi connectivity index (χ1) is 14.4. The average Bonchev–Trinajstić information content (AvgIpc) is 2.73. The number of nitrogens with one attached hydrogen (secondary N) is 1. The van der Waals surface area contributed by atoms with E-state index >= 15 is 0 Å². The van der Waals surface area contributed by atoms with Gasteiger partial charge in [-0.2, -0.15) is 0 Å². The number of allylic oxidation sites excluding steroid dienone is 2. The van der Waals surface area contributed by atoms with Crippen LogP contribution in [0.25, 0.3) is 0 Å². The van der Waals surface area contributed by atoms with E-state index in [-0.39, 0.29) is 29.8 Å². The largest absolute Gasteiger partial charge is 0.496 e. The molecular weight excluding hydrogens is 453 g/mol. The number of ketones is 1. The van der Waals surface area contributed by atoms with Crippen molar-refractivity contribution in [1.29, 1.82) is 0 Å². The number of hydrogen-bond donors (Lipinski definition) is 1. The Morgan fingerprint density at radius 1 is 1.00 bits per heavy atom. The molecule has 156 valence electrons. The maximum absolute atomic E-state index is 13.3. The maximum Gasteiger partial charge on any atom is 0.225 e. The Balaban J connectivity index is 1.77. The molecule has 0 spiro atoms. The van der Waals surface area contributed by atoms with Gasteiger partial charge in [0.2, 0.25) is 5.91 Å². The fourth-order valence-electron chi connectivity index (χ4n) is 4.35. The van der Waals surface area contributed by atoms with Crippen LogP contribution in [0.5, 0.6) is 11.5 Å². The molecule has 0 aromatic heterocycles. The summed E-state index contributed by atoms with van der Waals surface area (Å²) in [6.07, 6.45) is 0.991. The molecule has 1 heterocycles. The van der Waals surface area contributed by atoms with Crippen molar-refractivity contribution in [3.63, 3.8) is 0 Å². The summed E-state index contributed by atoms with van der Waals surface area (Å²) in [5, 5.41) is 2.90. The van der Waals surface area contributed by atoms with Crippen LogP contribution in [0.3, 0.4) is 0 Å². The smallest absolute Gasteiger partial charge is 0.225 e. The second-order valence-electron chi connectivity index (χ2n) is 7.51. The number of carbonyl (C=O) groups is 2. The molecule has 4 rings (SSSR count). The first kappa shape index (κ1) is 20.6. The Bertz CT molecular complexity index is 1050. The Kier molecular flexibility index (Phi) is 5.64. The van der Waals surface area contributed by atoms with Crippen LogP contribution < -0.4 is 14.8 Å². The van der Waals surface area contributed by atoms with Crippen molar-refractivity contribution in [2.45, 2.75) is 31.1 Å². The standard InChI is InChI=1S/C23H21BrFNO4/c1-29-20-11-17(24)21(30-2)9-15(20)16-10-22(28)26-18-7-13(8-19(27)23(16)18)12-3-5-14(25)6-4-12/h3-6,9,11,13,16H,7-8,10H2,1-2H3,(H,26,28). The van der Waals surface area contributed by atoms with Gasteiger partial charge in [-0.15, -0.1) is 0 Å². The summed E-state index contributed by atoms with van der Waals surface area (Å²) < 4.78 is 25.0. The second kappa shape index (κ2) is 8.22. The van der Waals surface area contributed by atoms with Gasteiger partial charge in [0.1, 0.15) is 17.3 Å². The van der Waals surface area contributed by atoms with Crippen molar-refractivity contribution in [3.05, 3.63) is 69.1 Å². The molecule has 1 N–H and O–H groups in total. The molecule has 1 aliphatic carbocycles. The predicted octanol–water partition coefficient (Wildman–Crippen LogP) is 4.61. The summed E-state index contributed by atoms with van der Waals surface area (Å²) in [4.78, 5) is 25.8. The van der Waals surface area contributed by atoms with E-state index in [1.165, 1.54) is 12.1 Å². The van der Waals surface area contributed by atoms with Crippen LogP contribution in [-0.4, -0.2) is 25.9 Å². The van der Waals surface area contributed by atoms with E-state index in [4.69, 9.17) is 9.47 Å². The fraction of sp³-hybridized carbons (Fsp3) is 0.304.